The molecule has 0 spiro atoms. The Hall–Kier alpha value is -3.31. The zero-order valence-corrected chi connectivity index (χ0v) is 25.8. The molecule has 0 aromatic heterocycles. The van der Waals surface area contributed by atoms with E-state index in [-0.39, 0.29) is 11.9 Å². The summed E-state index contributed by atoms with van der Waals surface area (Å²) in [5, 5.41) is 4.84. The summed E-state index contributed by atoms with van der Waals surface area (Å²) in [7, 11) is -1.33. The van der Waals surface area contributed by atoms with Crippen LogP contribution >= 0.6 is 11.8 Å². The maximum Gasteiger partial charge on any atom is 0.338 e. The van der Waals surface area contributed by atoms with Crippen molar-refractivity contribution >= 4 is 49.4 Å². The normalized spacial score (nSPS) is 17.2. The lowest BCUT2D eigenvalue weighted by Gasteiger charge is -2.30. The molecular formula is C29H39N3O6SSi. The number of rotatable bonds is 9. The van der Waals surface area contributed by atoms with Crippen LogP contribution in [0.25, 0.3) is 0 Å². The van der Waals surface area contributed by atoms with Crippen molar-refractivity contribution in [3.8, 4) is 0 Å². The van der Waals surface area contributed by atoms with Crippen molar-refractivity contribution < 1.29 is 28.7 Å². The highest BCUT2D eigenvalue weighted by molar-refractivity contribution is 7.99. The summed E-state index contributed by atoms with van der Waals surface area (Å²) < 4.78 is 11.0. The first-order chi connectivity index (χ1) is 18.7. The van der Waals surface area contributed by atoms with E-state index in [4.69, 9.17) is 9.47 Å². The summed E-state index contributed by atoms with van der Waals surface area (Å²) in [6.45, 7) is 12.0. The van der Waals surface area contributed by atoms with Gasteiger partial charge in [-0.1, -0.05) is 56.0 Å². The SMILES string of the molecule is CC(C)(C)OC(=O)[C@@H]1CS[C@H](c2ccccc2)N1C(=O)CNC(=O)Nc1cccc(C(=O)OCC[Si](C)(C)C)c1. The Morgan fingerprint density at radius 2 is 1.73 bits per heavy atom. The van der Waals surface area contributed by atoms with E-state index in [0.717, 1.165) is 11.6 Å². The maximum absolute atomic E-state index is 13.4. The van der Waals surface area contributed by atoms with E-state index in [2.05, 4.69) is 30.3 Å². The molecular weight excluding hydrogens is 546 g/mol. The lowest BCUT2D eigenvalue weighted by molar-refractivity contribution is -0.163. The fourth-order valence-electron chi connectivity index (χ4n) is 3.92. The Labute approximate surface area is 241 Å². The second kappa shape index (κ2) is 13.4. The molecule has 1 saturated heterocycles. The molecule has 1 heterocycles. The van der Waals surface area contributed by atoms with Gasteiger partial charge in [-0.3, -0.25) is 4.79 Å². The number of nitrogens with one attached hydrogen (secondary N) is 2. The van der Waals surface area contributed by atoms with Crippen LogP contribution in [0.2, 0.25) is 25.7 Å². The predicted molar refractivity (Wildman–Crippen MR) is 160 cm³/mol. The fraction of sp³-hybridized carbons (Fsp3) is 0.448. The van der Waals surface area contributed by atoms with E-state index in [1.54, 1.807) is 39.0 Å². The number of hydrogen-bond donors (Lipinski definition) is 2. The predicted octanol–water partition coefficient (Wildman–Crippen LogP) is 5.29. The molecule has 9 nitrogen and oxygen atoms in total. The number of ether oxygens (including phenoxy) is 2. The average molecular weight is 586 g/mol. The van der Waals surface area contributed by atoms with Gasteiger partial charge in [0.05, 0.1) is 18.7 Å². The van der Waals surface area contributed by atoms with Crippen LogP contribution < -0.4 is 10.6 Å². The van der Waals surface area contributed by atoms with Gasteiger partial charge in [0.25, 0.3) is 0 Å². The molecule has 0 saturated carbocycles. The third-order valence-electron chi connectivity index (χ3n) is 5.89. The Kier molecular flexibility index (Phi) is 10.4. The summed E-state index contributed by atoms with van der Waals surface area (Å²) in [5.41, 5.74) is 0.888. The third-order valence-corrected chi connectivity index (χ3v) is 8.92. The second-order valence-electron chi connectivity index (χ2n) is 11.8. The van der Waals surface area contributed by atoms with Crippen LogP contribution in [0.5, 0.6) is 0 Å². The zero-order chi connectivity index (χ0) is 29.5. The van der Waals surface area contributed by atoms with Crippen LogP contribution in [-0.2, 0) is 19.1 Å². The van der Waals surface area contributed by atoms with Gasteiger partial charge in [-0.25, -0.2) is 14.4 Å². The van der Waals surface area contributed by atoms with Gasteiger partial charge in [0.15, 0.2) is 0 Å². The number of hydrogen-bond acceptors (Lipinski definition) is 7. The van der Waals surface area contributed by atoms with Crippen molar-refractivity contribution in [2.24, 2.45) is 0 Å². The van der Waals surface area contributed by atoms with Crippen molar-refractivity contribution in [3.05, 3.63) is 65.7 Å². The van der Waals surface area contributed by atoms with Crippen molar-refractivity contribution in [3.63, 3.8) is 0 Å². The number of carbonyl (C=O) groups is 4. The molecule has 2 N–H and O–H groups in total. The number of nitrogens with zero attached hydrogens (tertiary/aromatic N) is 1. The van der Waals surface area contributed by atoms with Crippen LogP contribution in [-0.4, -0.2) is 67.4 Å². The fourth-order valence-corrected chi connectivity index (χ4v) is 6.07. The van der Waals surface area contributed by atoms with E-state index in [1.165, 1.54) is 22.7 Å². The summed E-state index contributed by atoms with van der Waals surface area (Å²) in [6.07, 6.45) is 0. The number of benzene rings is 2. The lowest BCUT2D eigenvalue weighted by Crippen LogP contribution is -2.49. The highest BCUT2D eigenvalue weighted by Gasteiger charge is 2.44. The first-order valence-corrected chi connectivity index (χ1v) is 18.0. The van der Waals surface area contributed by atoms with Crippen molar-refractivity contribution in [2.45, 2.75) is 63.5 Å². The van der Waals surface area contributed by atoms with Crippen molar-refractivity contribution in [2.75, 3.05) is 24.2 Å². The Morgan fingerprint density at radius 1 is 1.02 bits per heavy atom. The molecule has 0 bridgehead atoms. The Morgan fingerprint density at radius 3 is 2.38 bits per heavy atom. The molecule has 40 heavy (non-hydrogen) atoms. The molecule has 0 aliphatic carbocycles. The molecule has 3 amide bonds. The van der Waals surface area contributed by atoms with Gasteiger partial charge in [-0.05, 0) is 50.6 Å². The molecule has 216 valence electrons. The zero-order valence-electron chi connectivity index (χ0n) is 24.0. The second-order valence-corrected chi connectivity index (χ2v) is 18.5. The van der Waals surface area contributed by atoms with E-state index >= 15 is 0 Å². The van der Waals surface area contributed by atoms with E-state index in [0.29, 0.717) is 23.6 Å². The van der Waals surface area contributed by atoms with E-state index in [9.17, 15) is 19.2 Å². The van der Waals surface area contributed by atoms with Gasteiger partial charge in [0.2, 0.25) is 5.91 Å². The number of thioether (sulfide) groups is 1. The molecule has 1 fully saturated rings. The largest absolute Gasteiger partial charge is 0.462 e. The number of carbonyl (C=O) groups excluding carboxylic acids is 4. The molecule has 1 aliphatic rings. The number of urea groups is 1. The molecule has 2 atom stereocenters. The molecule has 2 aromatic carbocycles. The standard InChI is InChI=1S/C29H39N3O6SSi/c1-29(2,3)38-27(35)23-19-39-25(20-11-8-7-9-12-20)32(23)24(33)18-30-28(36)31-22-14-10-13-21(17-22)26(34)37-15-16-40(4,5)6/h7-14,17,23,25H,15-16,18-19H2,1-6H3,(H2,30,31,36)/t23-,25+/m0/s1. The quantitative estimate of drug-likeness (QED) is 0.304. The average Bonchev–Trinajstić information content (AvgIpc) is 3.32. The van der Waals surface area contributed by atoms with Gasteiger partial charge in [-0.15, -0.1) is 11.8 Å². The van der Waals surface area contributed by atoms with Crippen LogP contribution in [0.1, 0.15) is 42.1 Å². The van der Waals surface area contributed by atoms with Crippen LogP contribution in [0.15, 0.2) is 54.6 Å². The van der Waals surface area contributed by atoms with Crippen LogP contribution in [0.3, 0.4) is 0 Å². The molecule has 2 aromatic rings. The minimum atomic E-state index is -1.33. The van der Waals surface area contributed by atoms with Gasteiger partial charge >= 0.3 is 18.0 Å². The minimum Gasteiger partial charge on any atom is -0.462 e. The van der Waals surface area contributed by atoms with Gasteiger partial charge < -0.3 is 25.0 Å². The van der Waals surface area contributed by atoms with E-state index < -0.39 is 43.6 Å². The smallest absolute Gasteiger partial charge is 0.338 e. The van der Waals surface area contributed by atoms with Crippen molar-refractivity contribution in [1.29, 1.82) is 0 Å². The number of anilines is 1. The van der Waals surface area contributed by atoms with Gasteiger partial charge in [0.1, 0.15) is 17.0 Å². The lowest BCUT2D eigenvalue weighted by atomic mass is 10.1. The number of esters is 2. The molecule has 1 aliphatic heterocycles. The molecule has 0 unspecified atom stereocenters. The first kappa shape index (κ1) is 31.2. The van der Waals surface area contributed by atoms with Crippen molar-refractivity contribution in [1.82, 2.24) is 10.2 Å². The maximum atomic E-state index is 13.4. The third kappa shape index (κ3) is 9.41. The monoisotopic (exact) mass is 585 g/mol. The highest BCUT2D eigenvalue weighted by Crippen LogP contribution is 2.41. The molecule has 11 heteroatoms. The topological polar surface area (TPSA) is 114 Å². The Bertz CT molecular complexity index is 1210. The van der Waals surface area contributed by atoms with Gasteiger partial charge in [0, 0.05) is 19.5 Å². The summed E-state index contributed by atoms with van der Waals surface area (Å²) >= 11 is 1.48. The van der Waals surface area contributed by atoms with Crippen LogP contribution in [0, 0.1) is 0 Å². The molecule has 3 rings (SSSR count). The summed E-state index contributed by atoms with van der Waals surface area (Å²) in [6, 6.07) is 15.3. The Balaban J connectivity index is 1.63. The number of amides is 3. The highest BCUT2D eigenvalue weighted by atomic mass is 32.2. The minimum absolute atomic E-state index is 0.324. The van der Waals surface area contributed by atoms with Crippen LogP contribution in [0.4, 0.5) is 10.5 Å². The summed E-state index contributed by atoms with van der Waals surface area (Å²) in [4.78, 5) is 52.9. The molecule has 0 radical (unpaired) electrons. The van der Waals surface area contributed by atoms with Gasteiger partial charge in [-0.2, -0.15) is 0 Å². The van der Waals surface area contributed by atoms with E-state index in [1.807, 2.05) is 30.3 Å². The summed E-state index contributed by atoms with van der Waals surface area (Å²) in [5.74, 6) is -0.966. The first-order valence-electron chi connectivity index (χ1n) is 13.3.